The second kappa shape index (κ2) is 5.61. The summed E-state index contributed by atoms with van der Waals surface area (Å²) in [6.45, 7) is 4.36. The lowest BCUT2D eigenvalue weighted by molar-refractivity contribution is 0.0359. The fourth-order valence-electron chi connectivity index (χ4n) is 2.57. The third-order valence-corrected chi connectivity index (χ3v) is 3.69. The molecule has 0 fully saturated rings. The van der Waals surface area contributed by atoms with Crippen LogP contribution >= 0.6 is 0 Å². The predicted octanol–water partition coefficient (Wildman–Crippen LogP) is 3.32. The van der Waals surface area contributed by atoms with E-state index in [1.807, 2.05) is 18.2 Å². The lowest BCUT2D eigenvalue weighted by Crippen LogP contribution is -2.31. The van der Waals surface area contributed by atoms with Crippen LogP contribution in [0.25, 0.3) is 0 Å². The van der Waals surface area contributed by atoms with Crippen molar-refractivity contribution in [2.75, 3.05) is 7.11 Å². The third kappa shape index (κ3) is 2.61. The molecule has 1 heterocycles. The number of rotatable bonds is 4. The molecule has 2 rings (SSSR count). The molecular weight excluding hydrogens is 228 g/mol. The smallest absolute Gasteiger partial charge is 0.129 e. The Kier molecular flexibility index (Phi) is 4.12. The van der Waals surface area contributed by atoms with Gasteiger partial charge in [-0.25, -0.2) is 0 Å². The van der Waals surface area contributed by atoms with Crippen molar-refractivity contribution in [3.05, 3.63) is 23.8 Å². The Morgan fingerprint density at radius 3 is 2.94 bits per heavy atom. The minimum absolute atomic E-state index is 0.0968. The van der Waals surface area contributed by atoms with E-state index in [1.165, 1.54) is 0 Å². The van der Waals surface area contributed by atoms with Crippen molar-refractivity contribution in [2.45, 2.75) is 45.3 Å². The Bertz CT molecular complexity index is 403. The van der Waals surface area contributed by atoms with E-state index >= 15 is 0 Å². The lowest BCUT2D eigenvalue weighted by Gasteiger charge is -2.33. The molecule has 100 valence electrons. The number of hydrogen-bond donors (Lipinski definition) is 1. The molecule has 1 aromatic rings. The predicted molar refractivity (Wildman–Crippen MR) is 71.1 cm³/mol. The van der Waals surface area contributed by atoms with Gasteiger partial charge in [-0.2, -0.15) is 0 Å². The molecule has 2 unspecified atom stereocenters. The van der Waals surface area contributed by atoms with E-state index in [4.69, 9.17) is 9.47 Å². The summed E-state index contributed by atoms with van der Waals surface area (Å²) in [5, 5.41) is 10.2. The molecule has 0 radical (unpaired) electrons. The highest BCUT2D eigenvalue weighted by Gasteiger charge is 2.30. The van der Waals surface area contributed by atoms with Gasteiger partial charge in [-0.1, -0.05) is 20.3 Å². The van der Waals surface area contributed by atoms with E-state index in [-0.39, 0.29) is 6.10 Å². The van der Waals surface area contributed by atoms with Gasteiger partial charge < -0.3 is 14.6 Å². The van der Waals surface area contributed by atoms with Crippen molar-refractivity contribution in [3.8, 4) is 11.5 Å². The van der Waals surface area contributed by atoms with Gasteiger partial charge in [0.1, 0.15) is 17.6 Å². The van der Waals surface area contributed by atoms with E-state index in [9.17, 15) is 5.11 Å². The maximum absolute atomic E-state index is 10.2. The lowest BCUT2D eigenvalue weighted by atomic mass is 9.90. The van der Waals surface area contributed by atoms with Crippen LogP contribution in [0, 0.1) is 5.92 Å². The van der Waals surface area contributed by atoms with Gasteiger partial charge >= 0.3 is 0 Å². The first-order valence-corrected chi connectivity index (χ1v) is 6.68. The maximum Gasteiger partial charge on any atom is 0.129 e. The molecule has 1 N–H and O–H groups in total. The van der Waals surface area contributed by atoms with Crippen molar-refractivity contribution in [1.82, 2.24) is 0 Å². The Morgan fingerprint density at radius 1 is 1.50 bits per heavy atom. The summed E-state index contributed by atoms with van der Waals surface area (Å²) >= 11 is 0. The van der Waals surface area contributed by atoms with E-state index in [1.54, 1.807) is 7.11 Å². The van der Waals surface area contributed by atoms with Crippen LogP contribution in [0.15, 0.2) is 18.2 Å². The van der Waals surface area contributed by atoms with Crippen LogP contribution in [0.1, 0.15) is 44.8 Å². The fourth-order valence-corrected chi connectivity index (χ4v) is 2.57. The summed E-state index contributed by atoms with van der Waals surface area (Å²) in [5.74, 6) is 2.00. The molecule has 1 aliphatic heterocycles. The second-order valence-electron chi connectivity index (χ2n) is 5.08. The normalized spacial score (nSPS) is 24.0. The number of aliphatic hydroxyl groups is 1. The first-order chi connectivity index (χ1) is 8.65. The average molecular weight is 250 g/mol. The second-order valence-corrected chi connectivity index (χ2v) is 5.08. The van der Waals surface area contributed by atoms with Crippen molar-refractivity contribution in [3.63, 3.8) is 0 Å². The summed E-state index contributed by atoms with van der Waals surface area (Å²) in [7, 11) is 1.64. The molecular formula is C15H22O3. The summed E-state index contributed by atoms with van der Waals surface area (Å²) in [6.07, 6.45) is 2.61. The number of aliphatic hydroxyl groups excluding tert-OH is 1. The van der Waals surface area contributed by atoms with Gasteiger partial charge in [0.15, 0.2) is 0 Å². The molecule has 0 spiro atoms. The molecule has 1 aliphatic rings. The molecule has 3 atom stereocenters. The zero-order chi connectivity index (χ0) is 13.1. The molecule has 0 saturated heterocycles. The zero-order valence-corrected chi connectivity index (χ0v) is 11.3. The standard InChI is InChI=1S/C15H22O3/c1-4-5-10(2)14-9-13(16)12-7-6-11(17-3)8-15(12)18-14/h6-8,10,13-14,16H,4-5,9H2,1-3H3/t10?,13-,14?/m0/s1. The molecule has 0 saturated carbocycles. The highest BCUT2D eigenvalue weighted by molar-refractivity contribution is 5.43. The first kappa shape index (κ1) is 13.2. The van der Waals surface area contributed by atoms with Gasteiger partial charge in [0.2, 0.25) is 0 Å². The molecule has 0 bridgehead atoms. The van der Waals surface area contributed by atoms with Gasteiger partial charge in [-0.3, -0.25) is 0 Å². The highest BCUT2D eigenvalue weighted by atomic mass is 16.5. The number of fused-ring (bicyclic) bond motifs is 1. The summed E-state index contributed by atoms with van der Waals surface area (Å²) in [4.78, 5) is 0. The van der Waals surface area contributed by atoms with Crippen LogP contribution in [0.5, 0.6) is 11.5 Å². The zero-order valence-electron chi connectivity index (χ0n) is 11.3. The van der Waals surface area contributed by atoms with Gasteiger partial charge in [0, 0.05) is 18.1 Å². The molecule has 1 aromatic carbocycles. The SMILES string of the molecule is CCCC(C)C1C[C@H](O)c2ccc(OC)cc2O1. The van der Waals surface area contributed by atoms with E-state index in [0.29, 0.717) is 12.3 Å². The maximum atomic E-state index is 10.2. The van der Waals surface area contributed by atoms with Crippen molar-refractivity contribution in [2.24, 2.45) is 5.92 Å². The monoisotopic (exact) mass is 250 g/mol. The van der Waals surface area contributed by atoms with E-state index in [0.717, 1.165) is 29.9 Å². The first-order valence-electron chi connectivity index (χ1n) is 6.68. The van der Waals surface area contributed by atoms with E-state index in [2.05, 4.69) is 13.8 Å². The van der Waals surface area contributed by atoms with E-state index < -0.39 is 6.10 Å². The largest absolute Gasteiger partial charge is 0.497 e. The summed E-state index contributed by atoms with van der Waals surface area (Å²) < 4.78 is 11.2. The van der Waals surface area contributed by atoms with Crippen LogP contribution in [-0.2, 0) is 0 Å². The number of benzene rings is 1. The van der Waals surface area contributed by atoms with Crippen molar-refractivity contribution in [1.29, 1.82) is 0 Å². The Labute approximate surface area is 109 Å². The van der Waals surface area contributed by atoms with Gasteiger partial charge in [-0.15, -0.1) is 0 Å². The van der Waals surface area contributed by atoms with Gasteiger partial charge in [-0.05, 0) is 24.5 Å². The summed E-state index contributed by atoms with van der Waals surface area (Å²) in [5.41, 5.74) is 0.871. The van der Waals surface area contributed by atoms with Crippen LogP contribution in [0.3, 0.4) is 0 Å². The molecule has 18 heavy (non-hydrogen) atoms. The Hall–Kier alpha value is -1.22. The van der Waals surface area contributed by atoms with Crippen LogP contribution in [-0.4, -0.2) is 18.3 Å². The van der Waals surface area contributed by atoms with Gasteiger partial charge in [0.05, 0.1) is 13.2 Å². The van der Waals surface area contributed by atoms with Gasteiger partial charge in [0.25, 0.3) is 0 Å². The third-order valence-electron chi connectivity index (χ3n) is 3.69. The average Bonchev–Trinajstić information content (AvgIpc) is 2.38. The summed E-state index contributed by atoms with van der Waals surface area (Å²) in [6, 6.07) is 5.62. The molecule has 0 amide bonds. The quantitative estimate of drug-likeness (QED) is 0.891. The van der Waals surface area contributed by atoms with Crippen LogP contribution in [0.2, 0.25) is 0 Å². The highest BCUT2D eigenvalue weighted by Crippen LogP contribution is 2.39. The number of hydrogen-bond acceptors (Lipinski definition) is 3. The van der Waals surface area contributed by atoms with Crippen molar-refractivity contribution < 1.29 is 14.6 Å². The number of ether oxygens (including phenoxy) is 2. The number of methoxy groups -OCH3 is 1. The topological polar surface area (TPSA) is 38.7 Å². The van der Waals surface area contributed by atoms with Crippen LogP contribution in [0.4, 0.5) is 0 Å². The van der Waals surface area contributed by atoms with Crippen molar-refractivity contribution >= 4 is 0 Å². The molecule has 0 aliphatic carbocycles. The minimum Gasteiger partial charge on any atom is -0.497 e. The molecule has 3 nitrogen and oxygen atoms in total. The minimum atomic E-state index is -0.427. The fraction of sp³-hybridized carbons (Fsp3) is 0.600. The molecule has 0 aromatic heterocycles. The Balaban J connectivity index is 2.20. The van der Waals surface area contributed by atoms with Crippen LogP contribution < -0.4 is 9.47 Å². The molecule has 3 heteroatoms. The Morgan fingerprint density at radius 2 is 2.28 bits per heavy atom.